The zero-order valence-corrected chi connectivity index (χ0v) is 16.3. The van der Waals surface area contributed by atoms with E-state index in [1.54, 1.807) is 12.1 Å². The SMILES string of the molecule is O=C1CCC(=O)N1c1ccc(N2CCN(c3cccc(Cl)c3)CC2)c([N+](=O)[O-])c1. The first-order valence-electron chi connectivity index (χ1n) is 9.34. The number of nitrogens with zero attached hydrogens (tertiary/aromatic N) is 4. The lowest BCUT2D eigenvalue weighted by molar-refractivity contribution is -0.384. The number of nitro benzene ring substituents is 1. The highest BCUT2D eigenvalue weighted by molar-refractivity contribution is 6.30. The molecule has 0 spiro atoms. The lowest BCUT2D eigenvalue weighted by atomic mass is 10.1. The van der Waals surface area contributed by atoms with Crippen LogP contribution in [0.2, 0.25) is 5.02 Å². The van der Waals surface area contributed by atoms with E-state index in [9.17, 15) is 19.7 Å². The number of nitro groups is 1. The van der Waals surface area contributed by atoms with Gasteiger partial charge in [-0.15, -0.1) is 0 Å². The van der Waals surface area contributed by atoms with Gasteiger partial charge < -0.3 is 9.80 Å². The average Bonchev–Trinajstić information content (AvgIpc) is 3.06. The van der Waals surface area contributed by atoms with E-state index in [1.807, 2.05) is 29.2 Å². The molecule has 2 amide bonds. The van der Waals surface area contributed by atoms with E-state index in [-0.39, 0.29) is 36.0 Å². The van der Waals surface area contributed by atoms with Crippen molar-refractivity contribution in [2.45, 2.75) is 12.8 Å². The molecule has 2 aliphatic rings. The molecule has 2 aromatic carbocycles. The van der Waals surface area contributed by atoms with Crippen LogP contribution in [0.5, 0.6) is 0 Å². The van der Waals surface area contributed by atoms with Crippen molar-refractivity contribution in [3.8, 4) is 0 Å². The van der Waals surface area contributed by atoms with Gasteiger partial charge in [-0.05, 0) is 30.3 Å². The van der Waals surface area contributed by atoms with Crippen molar-refractivity contribution in [3.63, 3.8) is 0 Å². The van der Waals surface area contributed by atoms with Gasteiger partial charge >= 0.3 is 0 Å². The summed E-state index contributed by atoms with van der Waals surface area (Å²) in [5.74, 6) is -0.653. The molecule has 0 radical (unpaired) electrons. The van der Waals surface area contributed by atoms with E-state index in [4.69, 9.17) is 11.6 Å². The Bertz CT molecular complexity index is 972. The molecule has 2 aliphatic heterocycles. The molecule has 2 saturated heterocycles. The fourth-order valence-corrected chi connectivity index (χ4v) is 3.99. The minimum atomic E-state index is -0.465. The van der Waals surface area contributed by atoms with Crippen LogP contribution < -0.4 is 14.7 Å². The standard InChI is InChI=1S/C20H19ClN4O4/c21-14-2-1-3-15(12-14)22-8-10-23(11-9-22)17-5-4-16(13-18(17)25(28)29)24-19(26)6-7-20(24)27/h1-5,12-13H,6-11H2. The summed E-state index contributed by atoms with van der Waals surface area (Å²) in [5.41, 5.74) is 1.66. The van der Waals surface area contributed by atoms with E-state index in [1.165, 1.54) is 6.07 Å². The van der Waals surface area contributed by atoms with Crippen LogP contribution in [0.4, 0.5) is 22.7 Å². The largest absolute Gasteiger partial charge is 0.368 e. The quantitative estimate of drug-likeness (QED) is 0.433. The number of anilines is 3. The topological polar surface area (TPSA) is 87.0 Å². The molecule has 0 saturated carbocycles. The van der Waals surface area contributed by atoms with Gasteiger partial charge in [-0.25, -0.2) is 0 Å². The maximum Gasteiger partial charge on any atom is 0.294 e. The molecule has 2 aromatic rings. The first-order valence-corrected chi connectivity index (χ1v) is 9.71. The van der Waals surface area contributed by atoms with E-state index < -0.39 is 4.92 Å². The highest BCUT2D eigenvalue weighted by Crippen LogP contribution is 2.35. The Kier molecular flexibility index (Phi) is 5.10. The predicted octanol–water partition coefficient (Wildman–Crippen LogP) is 3.23. The second kappa shape index (κ2) is 7.71. The third-order valence-corrected chi connectivity index (χ3v) is 5.49. The average molecular weight is 415 g/mol. The third-order valence-electron chi connectivity index (χ3n) is 5.26. The summed E-state index contributed by atoms with van der Waals surface area (Å²) in [4.78, 5) is 40.3. The molecule has 4 rings (SSSR count). The number of amides is 2. The number of carbonyl (C=O) groups excluding carboxylic acids is 2. The maximum atomic E-state index is 12.0. The van der Waals surface area contributed by atoms with Crippen LogP contribution in [0.25, 0.3) is 0 Å². The zero-order valence-electron chi connectivity index (χ0n) is 15.6. The Morgan fingerprint density at radius 1 is 0.862 bits per heavy atom. The van der Waals surface area contributed by atoms with Crippen LogP contribution in [0.15, 0.2) is 42.5 Å². The van der Waals surface area contributed by atoms with Gasteiger partial charge in [0.1, 0.15) is 5.69 Å². The molecule has 150 valence electrons. The van der Waals surface area contributed by atoms with Crippen LogP contribution in [-0.2, 0) is 9.59 Å². The normalized spacial score (nSPS) is 17.2. The first kappa shape index (κ1) is 19.2. The first-order chi connectivity index (χ1) is 13.9. The summed E-state index contributed by atoms with van der Waals surface area (Å²) < 4.78 is 0. The molecule has 0 bridgehead atoms. The van der Waals surface area contributed by atoms with E-state index in [0.29, 0.717) is 36.9 Å². The minimum absolute atomic E-state index is 0.105. The van der Waals surface area contributed by atoms with Crippen molar-refractivity contribution in [2.24, 2.45) is 0 Å². The van der Waals surface area contributed by atoms with Crippen molar-refractivity contribution in [2.75, 3.05) is 40.9 Å². The molecule has 0 unspecified atom stereocenters. The second-order valence-electron chi connectivity index (χ2n) is 7.01. The van der Waals surface area contributed by atoms with Gasteiger partial charge in [0.05, 0.1) is 10.6 Å². The van der Waals surface area contributed by atoms with Gasteiger partial charge in [0.15, 0.2) is 0 Å². The molecule has 29 heavy (non-hydrogen) atoms. The van der Waals surface area contributed by atoms with Crippen molar-refractivity contribution >= 4 is 46.2 Å². The summed E-state index contributed by atoms with van der Waals surface area (Å²) >= 11 is 6.07. The highest BCUT2D eigenvalue weighted by atomic mass is 35.5. The predicted molar refractivity (Wildman–Crippen MR) is 111 cm³/mol. The third kappa shape index (κ3) is 3.75. The van der Waals surface area contributed by atoms with Gasteiger partial charge in [0, 0.05) is 55.8 Å². The number of piperazine rings is 1. The number of benzene rings is 2. The minimum Gasteiger partial charge on any atom is -0.368 e. The number of imide groups is 1. The summed E-state index contributed by atoms with van der Waals surface area (Å²) in [5, 5.41) is 12.4. The van der Waals surface area contributed by atoms with Crippen LogP contribution in [0, 0.1) is 10.1 Å². The number of halogens is 1. The lowest BCUT2D eigenvalue weighted by Crippen LogP contribution is -2.46. The molecular formula is C20H19ClN4O4. The molecule has 9 heteroatoms. The monoisotopic (exact) mass is 414 g/mol. The lowest BCUT2D eigenvalue weighted by Gasteiger charge is -2.37. The summed E-state index contributed by atoms with van der Waals surface area (Å²) in [6.45, 7) is 2.60. The van der Waals surface area contributed by atoms with E-state index in [2.05, 4.69) is 4.90 Å². The van der Waals surface area contributed by atoms with Crippen molar-refractivity contribution < 1.29 is 14.5 Å². The molecule has 0 N–H and O–H groups in total. The number of hydrogen-bond acceptors (Lipinski definition) is 6. The number of carbonyl (C=O) groups is 2. The van der Waals surface area contributed by atoms with Crippen molar-refractivity contribution in [1.82, 2.24) is 0 Å². The van der Waals surface area contributed by atoms with Gasteiger partial charge in [0.25, 0.3) is 5.69 Å². The highest BCUT2D eigenvalue weighted by Gasteiger charge is 2.32. The Balaban J connectivity index is 1.55. The van der Waals surface area contributed by atoms with Crippen LogP contribution in [-0.4, -0.2) is 42.9 Å². The Morgan fingerprint density at radius 2 is 1.52 bits per heavy atom. The summed E-state index contributed by atoms with van der Waals surface area (Å²) in [6, 6.07) is 12.2. The van der Waals surface area contributed by atoms with Crippen molar-refractivity contribution in [3.05, 3.63) is 57.6 Å². The molecule has 0 aliphatic carbocycles. The maximum absolute atomic E-state index is 12.0. The van der Waals surface area contributed by atoms with Gasteiger partial charge in [0.2, 0.25) is 11.8 Å². The zero-order chi connectivity index (χ0) is 20.5. The second-order valence-corrected chi connectivity index (χ2v) is 7.44. The number of hydrogen-bond donors (Lipinski definition) is 0. The number of rotatable bonds is 4. The fourth-order valence-electron chi connectivity index (χ4n) is 3.81. The Labute approximate surface area is 172 Å². The van der Waals surface area contributed by atoms with E-state index in [0.717, 1.165) is 10.6 Å². The van der Waals surface area contributed by atoms with Crippen LogP contribution in [0.3, 0.4) is 0 Å². The molecule has 8 nitrogen and oxygen atoms in total. The van der Waals surface area contributed by atoms with Gasteiger partial charge in [-0.2, -0.15) is 0 Å². The molecule has 0 atom stereocenters. The fraction of sp³-hybridized carbons (Fsp3) is 0.300. The smallest absolute Gasteiger partial charge is 0.294 e. The van der Waals surface area contributed by atoms with Gasteiger partial charge in [-0.3, -0.25) is 24.6 Å². The van der Waals surface area contributed by atoms with Crippen LogP contribution >= 0.6 is 11.6 Å². The van der Waals surface area contributed by atoms with Gasteiger partial charge in [-0.1, -0.05) is 17.7 Å². The molecule has 0 aromatic heterocycles. The molecule has 2 heterocycles. The Morgan fingerprint density at radius 3 is 2.14 bits per heavy atom. The molecule has 2 fully saturated rings. The molecular weight excluding hydrogens is 396 g/mol. The Hall–Kier alpha value is -3.13. The summed E-state index contributed by atoms with van der Waals surface area (Å²) in [6.07, 6.45) is 0.277. The van der Waals surface area contributed by atoms with E-state index >= 15 is 0 Å². The van der Waals surface area contributed by atoms with Crippen LogP contribution in [0.1, 0.15) is 12.8 Å². The van der Waals surface area contributed by atoms with Crippen molar-refractivity contribution in [1.29, 1.82) is 0 Å². The summed E-state index contributed by atoms with van der Waals surface area (Å²) in [7, 11) is 0.